The van der Waals surface area contributed by atoms with E-state index in [0.717, 1.165) is 11.3 Å². The molecule has 4 nitrogen and oxygen atoms in total. The van der Waals surface area contributed by atoms with E-state index in [1.54, 1.807) is 39.8 Å². The molecule has 0 aliphatic heterocycles. The first-order chi connectivity index (χ1) is 8.08. The van der Waals surface area contributed by atoms with Crippen molar-refractivity contribution in [1.29, 1.82) is 0 Å². The van der Waals surface area contributed by atoms with E-state index in [0.29, 0.717) is 9.21 Å². The van der Waals surface area contributed by atoms with Crippen LogP contribution in [0.5, 0.6) is 0 Å². The average molecular weight is 290 g/mol. The number of carboxylic acid groups (broad SMARTS) is 1. The van der Waals surface area contributed by atoms with Crippen LogP contribution in [-0.4, -0.2) is 22.5 Å². The first-order valence-electron chi connectivity index (χ1n) is 5.39. The number of hydrogen-bond acceptors (Lipinski definition) is 3. The fourth-order valence-electron chi connectivity index (χ4n) is 1.21. The van der Waals surface area contributed by atoms with Gasteiger partial charge < -0.3 is 10.4 Å². The number of halogens is 1. The second-order valence-corrected chi connectivity index (χ2v) is 6.83. The SMILES string of the molecule is CC(C)(NC(=O)c1ccc(Cl)s1)C(C)(C)C(=O)O. The van der Waals surface area contributed by atoms with Gasteiger partial charge in [-0.25, -0.2) is 0 Å². The van der Waals surface area contributed by atoms with Crippen molar-refractivity contribution in [3.8, 4) is 0 Å². The molecule has 0 atom stereocenters. The van der Waals surface area contributed by atoms with Crippen LogP contribution in [0, 0.1) is 5.41 Å². The summed E-state index contributed by atoms with van der Waals surface area (Å²) in [5, 5.41) is 11.9. The van der Waals surface area contributed by atoms with Crippen molar-refractivity contribution in [3.63, 3.8) is 0 Å². The van der Waals surface area contributed by atoms with E-state index in [4.69, 9.17) is 11.6 Å². The Kier molecular flexibility index (Phi) is 4.08. The summed E-state index contributed by atoms with van der Waals surface area (Å²) in [5.41, 5.74) is -1.96. The zero-order valence-corrected chi connectivity index (χ0v) is 12.3. The smallest absolute Gasteiger partial charge is 0.311 e. The first kappa shape index (κ1) is 15.0. The van der Waals surface area contributed by atoms with Crippen LogP contribution in [-0.2, 0) is 4.79 Å². The third-order valence-electron chi connectivity index (χ3n) is 3.32. The molecule has 1 aromatic rings. The molecule has 0 aliphatic rings. The summed E-state index contributed by atoms with van der Waals surface area (Å²) < 4.78 is 0.524. The van der Waals surface area contributed by atoms with Gasteiger partial charge in [0.1, 0.15) is 0 Å². The number of carbonyl (C=O) groups excluding carboxylic acids is 1. The minimum absolute atomic E-state index is 0.314. The van der Waals surface area contributed by atoms with Crippen LogP contribution in [0.25, 0.3) is 0 Å². The predicted molar refractivity (Wildman–Crippen MR) is 72.3 cm³/mol. The summed E-state index contributed by atoms with van der Waals surface area (Å²) in [7, 11) is 0. The highest BCUT2D eigenvalue weighted by Crippen LogP contribution is 2.31. The molecule has 2 N–H and O–H groups in total. The summed E-state index contributed by atoms with van der Waals surface area (Å²) in [4.78, 5) is 23.7. The van der Waals surface area contributed by atoms with Crippen LogP contribution in [0.1, 0.15) is 37.4 Å². The maximum atomic E-state index is 12.0. The van der Waals surface area contributed by atoms with Gasteiger partial charge >= 0.3 is 5.97 Å². The van der Waals surface area contributed by atoms with Crippen LogP contribution in [0.3, 0.4) is 0 Å². The Hall–Kier alpha value is -1.07. The number of thiophene rings is 1. The number of carbonyl (C=O) groups is 2. The molecule has 1 aromatic heterocycles. The van der Waals surface area contributed by atoms with Gasteiger partial charge in [-0.2, -0.15) is 0 Å². The fourth-order valence-corrected chi connectivity index (χ4v) is 2.14. The van der Waals surface area contributed by atoms with E-state index in [1.165, 1.54) is 0 Å². The van der Waals surface area contributed by atoms with Gasteiger partial charge in [0.15, 0.2) is 0 Å². The Morgan fingerprint density at radius 1 is 1.28 bits per heavy atom. The Bertz CT molecular complexity index is 479. The van der Waals surface area contributed by atoms with E-state index in [-0.39, 0.29) is 5.91 Å². The molecule has 0 bridgehead atoms. The standard InChI is InChI=1S/C12H16ClNO3S/c1-11(2,10(16)17)12(3,4)14-9(15)7-5-6-8(13)18-7/h5-6H,1-4H3,(H,14,15)(H,16,17). The molecule has 1 rings (SSSR count). The topological polar surface area (TPSA) is 66.4 Å². The van der Waals surface area contributed by atoms with Crippen LogP contribution in [0.2, 0.25) is 4.34 Å². The van der Waals surface area contributed by atoms with E-state index < -0.39 is 16.9 Å². The predicted octanol–water partition coefficient (Wildman–Crippen LogP) is 3.02. The number of aliphatic carboxylic acids is 1. The Morgan fingerprint density at radius 3 is 2.22 bits per heavy atom. The number of carboxylic acids is 1. The Morgan fingerprint density at radius 2 is 1.83 bits per heavy atom. The molecule has 1 heterocycles. The van der Waals surface area contributed by atoms with Crippen molar-refractivity contribution in [3.05, 3.63) is 21.3 Å². The van der Waals surface area contributed by atoms with Gasteiger partial charge in [0.05, 0.1) is 20.2 Å². The van der Waals surface area contributed by atoms with Gasteiger partial charge in [-0.05, 0) is 39.8 Å². The second-order valence-electron chi connectivity index (χ2n) is 5.11. The van der Waals surface area contributed by atoms with Crippen molar-refractivity contribution >= 4 is 34.8 Å². The Labute approximate surface area is 115 Å². The van der Waals surface area contributed by atoms with Crippen molar-refractivity contribution in [2.24, 2.45) is 5.41 Å². The van der Waals surface area contributed by atoms with Crippen molar-refractivity contribution in [1.82, 2.24) is 5.32 Å². The van der Waals surface area contributed by atoms with Gasteiger partial charge in [-0.15, -0.1) is 11.3 Å². The number of hydrogen-bond donors (Lipinski definition) is 2. The molecule has 0 radical (unpaired) electrons. The lowest BCUT2D eigenvalue weighted by atomic mass is 9.74. The minimum Gasteiger partial charge on any atom is -0.481 e. The zero-order chi connectivity index (χ0) is 14.1. The molecule has 18 heavy (non-hydrogen) atoms. The van der Waals surface area contributed by atoms with Crippen LogP contribution in [0.4, 0.5) is 0 Å². The lowest BCUT2D eigenvalue weighted by Crippen LogP contribution is -2.56. The number of amides is 1. The maximum absolute atomic E-state index is 12.0. The molecule has 0 unspecified atom stereocenters. The molecule has 0 fully saturated rings. The highest BCUT2D eigenvalue weighted by Gasteiger charge is 2.44. The monoisotopic (exact) mass is 289 g/mol. The number of rotatable bonds is 4. The average Bonchev–Trinajstić information content (AvgIpc) is 2.63. The molecule has 100 valence electrons. The third-order valence-corrected chi connectivity index (χ3v) is 4.55. The molecule has 1 amide bonds. The van der Waals surface area contributed by atoms with Crippen molar-refractivity contribution in [2.45, 2.75) is 33.2 Å². The highest BCUT2D eigenvalue weighted by atomic mass is 35.5. The van der Waals surface area contributed by atoms with Gasteiger partial charge in [0.25, 0.3) is 5.91 Å². The second kappa shape index (κ2) is 4.90. The molecule has 0 saturated heterocycles. The summed E-state index contributed by atoms with van der Waals surface area (Å²) in [6.45, 7) is 6.54. The van der Waals surface area contributed by atoms with Gasteiger partial charge in [0, 0.05) is 0 Å². The van der Waals surface area contributed by atoms with Gasteiger partial charge in [0.2, 0.25) is 0 Å². The first-order valence-corrected chi connectivity index (χ1v) is 6.58. The fraction of sp³-hybridized carbons (Fsp3) is 0.500. The lowest BCUT2D eigenvalue weighted by Gasteiger charge is -2.38. The lowest BCUT2D eigenvalue weighted by molar-refractivity contribution is -0.150. The maximum Gasteiger partial charge on any atom is 0.311 e. The van der Waals surface area contributed by atoms with Crippen LogP contribution in [0.15, 0.2) is 12.1 Å². The third kappa shape index (κ3) is 2.84. The quantitative estimate of drug-likeness (QED) is 0.895. The molecule has 0 saturated carbocycles. The summed E-state index contributed by atoms with van der Waals surface area (Å²) in [5.74, 6) is -1.27. The zero-order valence-electron chi connectivity index (χ0n) is 10.7. The highest BCUT2D eigenvalue weighted by molar-refractivity contribution is 7.18. The van der Waals surface area contributed by atoms with Crippen LogP contribution < -0.4 is 5.32 Å². The van der Waals surface area contributed by atoms with Gasteiger partial charge in [-0.1, -0.05) is 11.6 Å². The van der Waals surface area contributed by atoms with Gasteiger partial charge in [-0.3, -0.25) is 9.59 Å². The van der Waals surface area contributed by atoms with E-state index in [1.807, 2.05) is 0 Å². The largest absolute Gasteiger partial charge is 0.481 e. The number of nitrogens with one attached hydrogen (secondary N) is 1. The summed E-state index contributed by atoms with van der Waals surface area (Å²) in [6, 6.07) is 3.25. The van der Waals surface area contributed by atoms with Crippen molar-refractivity contribution in [2.75, 3.05) is 0 Å². The Balaban J connectivity index is 2.90. The van der Waals surface area contributed by atoms with Crippen LogP contribution >= 0.6 is 22.9 Å². The van der Waals surface area contributed by atoms with Crippen molar-refractivity contribution < 1.29 is 14.7 Å². The van der Waals surface area contributed by atoms with E-state index >= 15 is 0 Å². The summed E-state index contributed by atoms with van der Waals surface area (Å²) >= 11 is 6.92. The molecular weight excluding hydrogens is 274 g/mol. The van der Waals surface area contributed by atoms with E-state index in [2.05, 4.69) is 5.32 Å². The van der Waals surface area contributed by atoms with E-state index in [9.17, 15) is 14.7 Å². The normalized spacial score (nSPS) is 12.3. The molecule has 0 aromatic carbocycles. The molecule has 0 aliphatic carbocycles. The molecular formula is C12H16ClNO3S. The summed E-state index contributed by atoms with van der Waals surface area (Å²) in [6.07, 6.45) is 0. The minimum atomic E-state index is -1.08. The molecule has 0 spiro atoms. The molecule has 6 heteroatoms.